The number of hydrogen-bond acceptors (Lipinski definition) is 3. The Hall–Kier alpha value is -1.55. The van der Waals surface area contributed by atoms with Gasteiger partial charge in [-0.15, -0.1) is 0 Å². The van der Waals surface area contributed by atoms with Crippen LogP contribution in [0.5, 0.6) is 0 Å². The maximum atomic E-state index is 12.9. The van der Waals surface area contributed by atoms with Crippen molar-refractivity contribution in [2.24, 2.45) is 0 Å². The second kappa shape index (κ2) is 5.34. The Kier molecular flexibility index (Phi) is 3.66. The Bertz CT molecular complexity index is 537. The largest absolute Gasteiger partial charge is 0.347 e. The van der Waals surface area contributed by atoms with Gasteiger partial charge in [-0.05, 0) is 25.3 Å². The van der Waals surface area contributed by atoms with E-state index in [1.807, 2.05) is 20.2 Å². The molecule has 1 amide bonds. The Morgan fingerprint density at radius 2 is 2.00 bits per heavy atom. The van der Waals surface area contributed by atoms with Gasteiger partial charge in [-0.3, -0.25) is 4.79 Å². The molecule has 1 aromatic carbocycles. The lowest BCUT2D eigenvalue weighted by molar-refractivity contribution is -0.136. The maximum absolute atomic E-state index is 12.9. The van der Waals surface area contributed by atoms with Crippen molar-refractivity contribution in [2.45, 2.75) is 50.6 Å². The molecule has 114 valence electrons. The van der Waals surface area contributed by atoms with E-state index in [-0.39, 0.29) is 5.91 Å². The van der Waals surface area contributed by atoms with E-state index in [1.165, 1.54) is 31.4 Å². The smallest absolute Gasteiger partial charge is 0.248 e. The molecule has 1 aliphatic heterocycles. The van der Waals surface area contributed by atoms with Gasteiger partial charge in [0.15, 0.2) is 0 Å². The van der Waals surface area contributed by atoms with E-state index in [1.54, 1.807) is 4.90 Å². The number of hydrazine groups is 1. The van der Waals surface area contributed by atoms with Crippen molar-refractivity contribution >= 4 is 11.6 Å². The van der Waals surface area contributed by atoms with Gasteiger partial charge in [0.25, 0.3) is 0 Å². The highest BCUT2D eigenvalue weighted by atomic mass is 16.2. The molecule has 1 saturated carbocycles. The lowest BCUT2D eigenvalue weighted by atomic mass is 9.87. The van der Waals surface area contributed by atoms with Gasteiger partial charge in [0, 0.05) is 25.7 Å². The van der Waals surface area contributed by atoms with E-state index in [0.717, 1.165) is 12.0 Å². The number of para-hydroxylation sites is 1. The van der Waals surface area contributed by atoms with Crippen molar-refractivity contribution in [3.8, 4) is 0 Å². The van der Waals surface area contributed by atoms with Gasteiger partial charge in [0.2, 0.25) is 5.91 Å². The molecule has 0 spiro atoms. The summed E-state index contributed by atoms with van der Waals surface area (Å²) >= 11 is 0. The number of hydrogen-bond donors (Lipinski definition) is 1. The number of fused-ring (bicyclic) bond motifs is 1. The van der Waals surface area contributed by atoms with E-state index in [2.05, 4.69) is 35.6 Å². The van der Waals surface area contributed by atoms with E-state index in [9.17, 15) is 4.79 Å². The highest BCUT2D eigenvalue weighted by Gasteiger charge is 2.49. The summed E-state index contributed by atoms with van der Waals surface area (Å²) in [5.74, 6) is 0.137. The molecule has 0 bridgehead atoms. The summed E-state index contributed by atoms with van der Waals surface area (Å²) in [7, 11) is 3.67. The predicted octanol–water partition coefficient (Wildman–Crippen LogP) is 2.65. The first kappa shape index (κ1) is 14.4. The minimum atomic E-state index is -0.608. The highest BCUT2D eigenvalue weighted by molar-refractivity contribution is 5.91. The lowest BCUT2D eigenvalue weighted by Gasteiger charge is -2.34. The number of carbonyl (C=O) groups excluding carboxylic acids is 1. The monoisotopic (exact) mass is 287 g/mol. The first-order chi connectivity index (χ1) is 10.1. The Balaban J connectivity index is 2.05. The summed E-state index contributed by atoms with van der Waals surface area (Å²) in [6.45, 7) is 2.09. The Labute approximate surface area is 127 Å². The first-order valence-corrected chi connectivity index (χ1v) is 7.98. The fourth-order valence-electron chi connectivity index (χ4n) is 3.79. The van der Waals surface area contributed by atoms with E-state index in [4.69, 9.17) is 0 Å². The number of carbonyl (C=O) groups is 1. The molecule has 1 aromatic rings. The van der Waals surface area contributed by atoms with Crippen molar-refractivity contribution in [1.29, 1.82) is 0 Å². The van der Waals surface area contributed by atoms with E-state index in [0.29, 0.717) is 6.04 Å². The van der Waals surface area contributed by atoms with Crippen molar-refractivity contribution < 1.29 is 4.79 Å². The van der Waals surface area contributed by atoms with Gasteiger partial charge in [-0.2, -0.15) is 0 Å². The standard InChI is InChI=1S/C17H25N3O/c1-4-17(16(21)19(2)3)14-11-7-8-12-15(14)20(18-17)13-9-5-6-10-13/h7-8,11-13,18H,4-6,9-10H2,1-3H3. The van der Waals surface area contributed by atoms with Crippen LogP contribution in [0.3, 0.4) is 0 Å². The molecule has 1 heterocycles. The highest BCUT2D eigenvalue weighted by Crippen LogP contribution is 2.43. The molecule has 2 aliphatic rings. The summed E-state index contributed by atoms with van der Waals surface area (Å²) in [4.78, 5) is 14.6. The zero-order valence-electron chi connectivity index (χ0n) is 13.2. The summed E-state index contributed by atoms with van der Waals surface area (Å²) in [6, 6.07) is 8.85. The van der Waals surface area contributed by atoms with Gasteiger partial charge in [-0.25, -0.2) is 5.43 Å². The summed E-state index contributed by atoms with van der Waals surface area (Å²) in [5.41, 5.74) is 5.28. The molecule has 1 fully saturated rings. The van der Waals surface area contributed by atoms with Crippen LogP contribution in [-0.4, -0.2) is 30.9 Å². The third-order valence-corrected chi connectivity index (χ3v) is 4.93. The average molecular weight is 287 g/mol. The molecular weight excluding hydrogens is 262 g/mol. The Morgan fingerprint density at radius 3 is 2.62 bits per heavy atom. The minimum Gasteiger partial charge on any atom is -0.347 e. The molecule has 3 rings (SSSR count). The van der Waals surface area contributed by atoms with Gasteiger partial charge in [-0.1, -0.05) is 38.0 Å². The van der Waals surface area contributed by atoms with Crippen LogP contribution < -0.4 is 10.4 Å². The molecule has 1 atom stereocenters. The molecule has 21 heavy (non-hydrogen) atoms. The quantitative estimate of drug-likeness (QED) is 0.928. The zero-order chi connectivity index (χ0) is 15.0. The third-order valence-electron chi connectivity index (χ3n) is 4.93. The molecule has 0 aromatic heterocycles. The van der Waals surface area contributed by atoms with Crippen LogP contribution >= 0.6 is 0 Å². The summed E-state index contributed by atoms with van der Waals surface area (Å²) in [6.07, 6.45) is 5.73. The van der Waals surface area contributed by atoms with Gasteiger partial charge >= 0.3 is 0 Å². The van der Waals surface area contributed by atoms with Crippen LogP contribution in [0.1, 0.15) is 44.6 Å². The first-order valence-electron chi connectivity index (χ1n) is 7.98. The second-order valence-corrected chi connectivity index (χ2v) is 6.40. The molecule has 1 N–H and O–H groups in total. The minimum absolute atomic E-state index is 0.137. The van der Waals surface area contributed by atoms with Gasteiger partial charge in [0.05, 0.1) is 5.69 Å². The van der Waals surface area contributed by atoms with Crippen LogP contribution in [0, 0.1) is 0 Å². The Morgan fingerprint density at radius 1 is 1.33 bits per heavy atom. The second-order valence-electron chi connectivity index (χ2n) is 6.40. The number of amides is 1. The predicted molar refractivity (Wildman–Crippen MR) is 85.0 cm³/mol. The third kappa shape index (κ3) is 2.13. The van der Waals surface area contributed by atoms with Crippen molar-refractivity contribution in [3.05, 3.63) is 29.8 Å². The van der Waals surface area contributed by atoms with Crippen LogP contribution in [-0.2, 0) is 10.3 Å². The lowest BCUT2D eigenvalue weighted by Crippen LogP contribution is -2.56. The van der Waals surface area contributed by atoms with Crippen molar-refractivity contribution in [2.75, 3.05) is 19.1 Å². The maximum Gasteiger partial charge on any atom is 0.248 e. The SMILES string of the molecule is CCC1(C(=O)N(C)C)NN(C2CCCC2)c2ccccc21. The summed E-state index contributed by atoms with van der Waals surface area (Å²) in [5, 5.41) is 2.27. The molecule has 0 radical (unpaired) electrons. The number of nitrogens with zero attached hydrogens (tertiary/aromatic N) is 2. The van der Waals surface area contributed by atoms with Gasteiger partial charge in [0.1, 0.15) is 5.54 Å². The van der Waals surface area contributed by atoms with Crippen molar-refractivity contribution in [3.63, 3.8) is 0 Å². The molecule has 1 aliphatic carbocycles. The fraction of sp³-hybridized carbons (Fsp3) is 0.588. The number of anilines is 1. The van der Waals surface area contributed by atoms with Crippen molar-refractivity contribution in [1.82, 2.24) is 10.3 Å². The number of benzene rings is 1. The van der Waals surface area contributed by atoms with E-state index < -0.39 is 5.54 Å². The van der Waals surface area contributed by atoms with Crippen LogP contribution in [0.2, 0.25) is 0 Å². The fourth-order valence-corrected chi connectivity index (χ4v) is 3.79. The molecule has 4 nitrogen and oxygen atoms in total. The average Bonchev–Trinajstić information content (AvgIpc) is 3.12. The molecule has 1 unspecified atom stereocenters. The van der Waals surface area contributed by atoms with Crippen LogP contribution in [0.4, 0.5) is 5.69 Å². The normalized spacial score (nSPS) is 25.2. The van der Waals surface area contributed by atoms with E-state index >= 15 is 0 Å². The number of likely N-dealkylation sites (N-methyl/N-ethyl adjacent to an activating group) is 1. The molecular formula is C17H25N3O. The topological polar surface area (TPSA) is 35.6 Å². The number of nitrogens with one attached hydrogen (secondary N) is 1. The molecule has 0 saturated heterocycles. The van der Waals surface area contributed by atoms with Crippen LogP contribution in [0.15, 0.2) is 24.3 Å². The summed E-state index contributed by atoms with van der Waals surface area (Å²) < 4.78 is 0. The number of rotatable bonds is 3. The van der Waals surface area contributed by atoms with Gasteiger partial charge < -0.3 is 9.91 Å². The van der Waals surface area contributed by atoms with Crippen LogP contribution in [0.25, 0.3) is 0 Å². The molecule has 4 heteroatoms. The zero-order valence-corrected chi connectivity index (χ0v) is 13.2.